The number of benzene rings is 2. The second-order valence-electron chi connectivity index (χ2n) is 6.74. The summed E-state index contributed by atoms with van der Waals surface area (Å²) in [5.74, 6) is -0.413. The number of halogens is 5. The predicted molar refractivity (Wildman–Crippen MR) is 103 cm³/mol. The summed E-state index contributed by atoms with van der Waals surface area (Å²) in [5.41, 5.74) is 0.916. The summed E-state index contributed by atoms with van der Waals surface area (Å²) < 4.78 is 63.8. The van der Waals surface area contributed by atoms with E-state index in [1.54, 1.807) is 0 Å². The molecular formula is C20H19ClF4N2O3. The highest BCUT2D eigenvalue weighted by Crippen LogP contribution is 2.27. The molecule has 1 N–H and O–H groups in total. The summed E-state index contributed by atoms with van der Waals surface area (Å²) in [4.78, 5) is 13.5. The number of carbonyl (C=O) groups excluding carboxylic acids is 1. The van der Waals surface area contributed by atoms with E-state index in [4.69, 9.17) is 16.3 Å². The number of hydrogen-bond acceptors (Lipinski definition) is 4. The van der Waals surface area contributed by atoms with Crippen molar-refractivity contribution in [2.45, 2.75) is 18.4 Å². The number of nitrogens with one attached hydrogen (secondary N) is 1. The molecule has 162 valence electrons. The van der Waals surface area contributed by atoms with Crippen LogP contribution in [0.4, 0.5) is 28.0 Å². The average molecular weight is 447 g/mol. The van der Waals surface area contributed by atoms with E-state index in [0.29, 0.717) is 10.6 Å². The van der Waals surface area contributed by atoms with Crippen molar-refractivity contribution in [3.05, 3.63) is 64.9 Å². The van der Waals surface area contributed by atoms with Crippen LogP contribution in [0.3, 0.4) is 0 Å². The molecule has 2 atom stereocenters. The fraction of sp³-hybridized carbons (Fsp3) is 0.350. The molecule has 30 heavy (non-hydrogen) atoms. The van der Waals surface area contributed by atoms with Crippen molar-refractivity contribution in [1.82, 2.24) is 4.90 Å². The topological polar surface area (TPSA) is 50.8 Å². The molecule has 0 bridgehead atoms. The highest BCUT2D eigenvalue weighted by Gasteiger charge is 2.44. The van der Waals surface area contributed by atoms with Gasteiger partial charge in [0, 0.05) is 30.3 Å². The highest BCUT2D eigenvalue weighted by molar-refractivity contribution is 6.30. The van der Waals surface area contributed by atoms with Gasteiger partial charge in [-0.25, -0.2) is 9.18 Å². The molecule has 5 nitrogen and oxygen atoms in total. The lowest BCUT2D eigenvalue weighted by molar-refractivity contribution is -0.209. The van der Waals surface area contributed by atoms with Crippen LogP contribution < -0.4 is 5.32 Å². The first kappa shape index (κ1) is 22.3. The molecule has 0 radical (unpaired) electrons. The van der Waals surface area contributed by atoms with Crippen molar-refractivity contribution >= 4 is 23.4 Å². The Kier molecular flexibility index (Phi) is 7.17. The first-order valence-electron chi connectivity index (χ1n) is 9.10. The summed E-state index contributed by atoms with van der Waals surface area (Å²) >= 11 is 5.74. The van der Waals surface area contributed by atoms with Crippen LogP contribution >= 0.6 is 11.6 Å². The number of anilines is 1. The number of morpholine rings is 1. The van der Waals surface area contributed by atoms with Crippen molar-refractivity contribution < 1.29 is 31.8 Å². The third-order valence-electron chi connectivity index (χ3n) is 4.52. The van der Waals surface area contributed by atoms with E-state index in [2.05, 4.69) is 10.1 Å². The van der Waals surface area contributed by atoms with E-state index in [0.717, 1.165) is 0 Å². The number of amides is 1. The summed E-state index contributed by atoms with van der Waals surface area (Å²) in [5, 5.41) is 2.67. The Balaban J connectivity index is 1.61. The number of carbonyl (C=O) groups is 1. The van der Waals surface area contributed by atoms with Gasteiger partial charge in [0.2, 0.25) is 6.10 Å². The molecule has 1 aliphatic rings. The fourth-order valence-electron chi connectivity index (χ4n) is 3.00. The minimum atomic E-state index is -4.75. The summed E-state index contributed by atoms with van der Waals surface area (Å²) in [6.45, 7) is 0.0506. The van der Waals surface area contributed by atoms with Gasteiger partial charge in [0.1, 0.15) is 5.82 Å². The Labute approximate surface area is 175 Å². The van der Waals surface area contributed by atoms with Gasteiger partial charge < -0.3 is 9.47 Å². The van der Waals surface area contributed by atoms with E-state index in [1.165, 1.54) is 53.4 Å². The number of nitrogens with zero attached hydrogens (tertiary/aromatic N) is 1. The third-order valence-corrected chi connectivity index (χ3v) is 4.77. The summed E-state index contributed by atoms with van der Waals surface area (Å²) in [6, 6.07) is 11.5. The van der Waals surface area contributed by atoms with Crippen molar-refractivity contribution in [2.75, 3.05) is 31.6 Å². The van der Waals surface area contributed by atoms with Crippen LogP contribution in [0.1, 0.15) is 11.7 Å². The standard InChI is InChI=1S/C20H19ClF4N2O3/c21-14-3-7-16(8-4-14)26-19(28)30-18(20(23,24)25)12-27-9-10-29-17(11-27)13-1-5-15(22)6-2-13/h1-8,17-18H,9-12H2,(H,26,28)/t17-,18?/m1/s1. The maximum atomic E-state index is 13.5. The highest BCUT2D eigenvalue weighted by atomic mass is 35.5. The molecule has 0 spiro atoms. The predicted octanol–water partition coefficient (Wildman–Crippen LogP) is 5.03. The molecule has 1 heterocycles. The maximum absolute atomic E-state index is 13.5. The largest absolute Gasteiger partial charge is 0.435 e. The van der Waals surface area contributed by atoms with Crippen LogP contribution in [0.25, 0.3) is 0 Å². The van der Waals surface area contributed by atoms with Crippen LogP contribution in [0, 0.1) is 5.82 Å². The molecule has 2 aromatic carbocycles. The number of alkyl halides is 3. The molecule has 1 fully saturated rings. The monoisotopic (exact) mass is 446 g/mol. The van der Waals surface area contributed by atoms with Crippen molar-refractivity contribution in [3.8, 4) is 0 Å². The Morgan fingerprint density at radius 2 is 1.87 bits per heavy atom. The van der Waals surface area contributed by atoms with Crippen molar-refractivity contribution in [2.24, 2.45) is 0 Å². The van der Waals surface area contributed by atoms with Gasteiger partial charge in [-0.1, -0.05) is 23.7 Å². The Morgan fingerprint density at radius 1 is 1.20 bits per heavy atom. The summed E-state index contributed by atoms with van der Waals surface area (Å²) in [7, 11) is 0. The van der Waals surface area contributed by atoms with E-state index in [9.17, 15) is 22.4 Å². The number of ether oxygens (including phenoxy) is 2. The quantitative estimate of drug-likeness (QED) is 0.654. The molecular weight excluding hydrogens is 428 g/mol. The van der Waals surface area contributed by atoms with Gasteiger partial charge in [-0.2, -0.15) is 13.2 Å². The molecule has 1 unspecified atom stereocenters. The SMILES string of the molecule is O=C(Nc1ccc(Cl)cc1)OC(CN1CCO[C@@H](c2ccc(F)cc2)C1)C(F)(F)F. The molecule has 0 aliphatic carbocycles. The van der Waals surface area contributed by atoms with Gasteiger partial charge in [-0.05, 0) is 42.0 Å². The fourth-order valence-corrected chi connectivity index (χ4v) is 3.13. The van der Waals surface area contributed by atoms with Gasteiger partial charge >= 0.3 is 12.3 Å². The van der Waals surface area contributed by atoms with E-state index >= 15 is 0 Å². The Morgan fingerprint density at radius 3 is 2.50 bits per heavy atom. The van der Waals surface area contributed by atoms with Crippen molar-refractivity contribution in [3.63, 3.8) is 0 Å². The normalized spacial score (nSPS) is 18.6. The van der Waals surface area contributed by atoms with Gasteiger partial charge in [0.25, 0.3) is 0 Å². The number of hydrogen-bond donors (Lipinski definition) is 1. The van der Waals surface area contributed by atoms with Gasteiger partial charge in [0.15, 0.2) is 0 Å². The van der Waals surface area contributed by atoms with Gasteiger partial charge in [-0.3, -0.25) is 10.2 Å². The lowest BCUT2D eigenvalue weighted by Crippen LogP contribution is -2.48. The lowest BCUT2D eigenvalue weighted by Gasteiger charge is -2.35. The first-order valence-corrected chi connectivity index (χ1v) is 9.48. The van der Waals surface area contributed by atoms with Crippen LogP contribution in [0.2, 0.25) is 5.02 Å². The molecule has 0 saturated carbocycles. The lowest BCUT2D eigenvalue weighted by atomic mass is 10.1. The zero-order valence-corrected chi connectivity index (χ0v) is 16.4. The maximum Gasteiger partial charge on any atom is 0.426 e. The molecule has 1 amide bonds. The molecule has 3 rings (SSSR count). The Bertz CT molecular complexity index is 847. The average Bonchev–Trinajstić information content (AvgIpc) is 2.69. The third kappa shape index (κ3) is 6.32. The smallest absolute Gasteiger partial charge is 0.426 e. The zero-order chi connectivity index (χ0) is 21.7. The Hall–Kier alpha value is -2.36. The first-order chi connectivity index (χ1) is 14.2. The summed E-state index contributed by atoms with van der Waals surface area (Å²) in [6.07, 6.45) is -8.79. The van der Waals surface area contributed by atoms with E-state index in [1.807, 2.05) is 0 Å². The minimum Gasteiger partial charge on any atom is -0.435 e. The molecule has 1 saturated heterocycles. The van der Waals surface area contributed by atoms with Crippen molar-refractivity contribution in [1.29, 1.82) is 0 Å². The minimum absolute atomic E-state index is 0.153. The molecule has 2 aromatic rings. The van der Waals surface area contributed by atoms with Crippen LogP contribution in [-0.4, -0.2) is 49.5 Å². The van der Waals surface area contributed by atoms with Gasteiger partial charge in [-0.15, -0.1) is 0 Å². The molecule has 0 aromatic heterocycles. The van der Waals surface area contributed by atoms with E-state index < -0.39 is 36.8 Å². The van der Waals surface area contributed by atoms with Crippen LogP contribution in [0.5, 0.6) is 0 Å². The van der Waals surface area contributed by atoms with E-state index in [-0.39, 0.29) is 25.4 Å². The van der Waals surface area contributed by atoms with Gasteiger partial charge in [0.05, 0.1) is 12.7 Å². The molecule has 10 heteroatoms. The molecule has 1 aliphatic heterocycles. The zero-order valence-electron chi connectivity index (χ0n) is 15.7. The van der Waals surface area contributed by atoms with Crippen LogP contribution in [0.15, 0.2) is 48.5 Å². The number of rotatable bonds is 5. The van der Waals surface area contributed by atoms with Crippen LogP contribution in [-0.2, 0) is 9.47 Å². The second kappa shape index (κ2) is 9.63. The second-order valence-corrected chi connectivity index (χ2v) is 7.17.